The van der Waals surface area contributed by atoms with Gasteiger partial charge in [0.05, 0.1) is 30.5 Å². The smallest absolute Gasteiger partial charge is 0.308 e. The van der Waals surface area contributed by atoms with E-state index in [4.69, 9.17) is 18.9 Å². The fraction of sp³-hybridized carbons (Fsp3) is 0.905. The Morgan fingerprint density at radius 2 is 1.48 bits per heavy atom. The van der Waals surface area contributed by atoms with Crippen LogP contribution in [-0.2, 0) is 28.5 Å². The van der Waals surface area contributed by atoms with Crippen molar-refractivity contribution in [1.82, 2.24) is 0 Å². The first-order valence-corrected chi connectivity index (χ1v) is 10.2. The monoisotopic (exact) mass is 386 g/mol. The van der Waals surface area contributed by atoms with Crippen molar-refractivity contribution in [1.29, 1.82) is 0 Å². The number of hydrogen-bond acceptors (Lipinski definition) is 6. The van der Waals surface area contributed by atoms with E-state index in [1.807, 2.05) is 48.5 Å². The Hall–Kier alpha value is -1.14. The number of hydrogen-bond donors (Lipinski definition) is 0. The average Bonchev–Trinajstić information content (AvgIpc) is 2.69. The molecular weight excluding hydrogens is 348 g/mol. The molecule has 6 nitrogen and oxygen atoms in total. The van der Waals surface area contributed by atoms with Gasteiger partial charge in [0.15, 0.2) is 6.29 Å². The highest BCUT2D eigenvalue weighted by Gasteiger charge is 2.43. The van der Waals surface area contributed by atoms with Crippen LogP contribution < -0.4 is 0 Å². The van der Waals surface area contributed by atoms with Crippen LogP contribution >= 0.6 is 0 Å². The van der Waals surface area contributed by atoms with Crippen molar-refractivity contribution < 1.29 is 28.5 Å². The van der Waals surface area contributed by atoms with Crippen molar-refractivity contribution in [2.45, 2.75) is 74.0 Å². The standard InChI is InChI=1S/C21H38O6/c1-8-15(4)17(22)24-11-20(6,7)19-26-13-21(10-3,14-27-19)12-25-18(23)16(5)9-2/h15-16,19H,8-14H2,1-7H3. The summed E-state index contributed by atoms with van der Waals surface area (Å²) in [6, 6.07) is 0. The van der Waals surface area contributed by atoms with E-state index in [1.165, 1.54) is 0 Å². The van der Waals surface area contributed by atoms with Gasteiger partial charge < -0.3 is 18.9 Å². The molecule has 0 amide bonds. The predicted octanol–water partition coefficient (Wildman–Crippen LogP) is 3.96. The highest BCUT2D eigenvalue weighted by molar-refractivity contribution is 5.72. The summed E-state index contributed by atoms with van der Waals surface area (Å²) in [5, 5.41) is 0. The van der Waals surface area contributed by atoms with Crippen molar-refractivity contribution in [3.8, 4) is 0 Å². The zero-order valence-electron chi connectivity index (χ0n) is 18.1. The maximum absolute atomic E-state index is 12.0. The van der Waals surface area contributed by atoms with Crippen LogP contribution in [-0.4, -0.2) is 44.7 Å². The Labute approximate surface area is 164 Å². The molecule has 1 fully saturated rings. The maximum atomic E-state index is 12.0. The second kappa shape index (κ2) is 10.4. The predicted molar refractivity (Wildman–Crippen MR) is 103 cm³/mol. The number of carbonyl (C=O) groups is 2. The summed E-state index contributed by atoms with van der Waals surface area (Å²) >= 11 is 0. The Bertz CT molecular complexity index is 479. The minimum Gasteiger partial charge on any atom is -0.465 e. The summed E-state index contributed by atoms with van der Waals surface area (Å²) in [5.41, 5.74) is -0.792. The maximum Gasteiger partial charge on any atom is 0.308 e. The average molecular weight is 387 g/mol. The third-order valence-corrected chi connectivity index (χ3v) is 5.61. The third-order valence-electron chi connectivity index (χ3n) is 5.61. The summed E-state index contributed by atoms with van der Waals surface area (Å²) in [4.78, 5) is 23.9. The van der Waals surface area contributed by atoms with E-state index >= 15 is 0 Å². The summed E-state index contributed by atoms with van der Waals surface area (Å²) in [6.07, 6.45) is 1.84. The molecule has 1 rings (SSSR count). The Balaban J connectivity index is 2.56. The molecule has 0 saturated carbocycles. The zero-order valence-corrected chi connectivity index (χ0v) is 18.1. The summed E-state index contributed by atoms with van der Waals surface area (Å²) < 4.78 is 22.9. The molecule has 6 heteroatoms. The molecule has 0 N–H and O–H groups in total. The van der Waals surface area contributed by atoms with E-state index in [2.05, 4.69) is 0 Å². The van der Waals surface area contributed by atoms with Crippen LogP contribution in [0.3, 0.4) is 0 Å². The van der Waals surface area contributed by atoms with Crippen LogP contribution in [0, 0.1) is 22.7 Å². The van der Waals surface area contributed by atoms with Crippen LogP contribution in [0.4, 0.5) is 0 Å². The lowest BCUT2D eigenvalue weighted by atomic mass is 9.85. The molecule has 2 atom stereocenters. The quantitative estimate of drug-likeness (QED) is 0.529. The van der Waals surface area contributed by atoms with Gasteiger partial charge in [-0.25, -0.2) is 0 Å². The van der Waals surface area contributed by atoms with E-state index in [1.54, 1.807) is 0 Å². The van der Waals surface area contributed by atoms with Gasteiger partial charge in [0.25, 0.3) is 0 Å². The van der Waals surface area contributed by atoms with E-state index in [9.17, 15) is 9.59 Å². The number of esters is 2. The highest BCUT2D eigenvalue weighted by atomic mass is 16.7. The van der Waals surface area contributed by atoms with Gasteiger partial charge >= 0.3 is 11.9 Å². The topological polar surface area (TPSA) is 71.1 Å². The van der Waals surface area contributed by atoms with Crippen LogP contribution in [0.5, 0.6) is 0 Å². The van der Waals surface area contributed by atoms with E-state index < -0.39 is 11.7 Å². The Kier molecular flexibility index (Phi) is 9.22. The molecule has 1 heterocycles. The van der Waals surface area contributed by atoms with E-state index in [-0.39, 0.29) is 35.8 Å². The van der Waals surface area contributed by atoms with Crippen molar-refractivity contribution >= 4 is 11.9 Å². The highest BCUT2D eigenvalue weighted by Crippen LogP contribution is 2.35. The van der Waals surface area contributed by atoms with Crippen molar-refractivity contribution in [2.24, 2.45) is 22.7 Å². The SMILES string of the molecule is CCC(C)C(=O)OCC1(CC)COC(C(C)(C)COC(=O)C(C)CC)OC1. The molecular formula is C21H38O6. The summed E-state index contributed by atoms with van der Waals surface area (Å²) in [6.45, 7) is 15.1. The second-order valence-electron chi connectivity index (χ2n) is 8.63. The van der Waals surface area contributed by atoms with Gasteiger partial charge in [-0.3, -0.25) is 9.59 Å². The third kappa shape index (κ3) is 6.75. The fourth-order valence-electron chi connectivity index (χ4n) is 2.60. The Morgan fingerprint density at radius 3 is 1.93 bits per heavy atom. The van der Waals surface area contributed by atoms with Crippen LogP contribution in [0.1, 0.15) is 67.7 Å². The molecule has 0 aromatic carbocycles. The normalized spacial score (nSPS) is 25.5. The van der Waals surface area contributed by atoms with Crippen LogP contribution in [0.15, 0.2) is 0 Å². The zero-order chi connectivity index (χ0) is 20.7. The van der Waals surface area contributed by atoms with Gasteiger partial charge in [-0.1, -0.05) is 48.5 Å². The summed E-state index contributed by atoms with van der Waals surface area (Å²) in [5.74, 6) is -0.580. The lowest BCUT2D eigenvalue weighted by Gasteiger charge is -2.43. The molecule has 0 aliphatic carbocycles. The first kappa shape index (κ1) is 23.9. The molecule has 2 unspecified atom stereocenters. The molecule has 0 aromatic rings. The molecule has 0 radical (unpaired) electrons. The lowest BCUT2D eigenvalue weighted by molar-refractivity contribution is -0.281. The van der Waals surface area contributed by atoms with Crippen LogP contribution in [0.2, 0.25) is 0 Å². The minimum absolute atomic E-state index is 0.101. The number of rotatable bonds is 10. The van der Waals surface area contributed by atoms with Gasteiger partial charge in [0.2, 0.25) is 0 Å². The molecule has 158 valence electrons. The molecule has 0 aromatic heterocycles. The van der Waals surface area contributed by atoms with Crippen molar-refractivity contribution in [3.05, 3.63) is 0 Å². The molecule has 1 aliphatic rings. The fourth-order valence-corrected chi connectivity index (χ4v) is 2.60. The van der Waals surface area contributed by atoms with Gasteiger partial charge in [-0.15, -0.1) is 0 Å². The van der Waals surface area contributed by atoms with Crippen LogP contribution in [0.25, 0.3) is 0 Å². The number of ether oxygens (including phenoxy) is 4. The van der Waals surface area contributed by atoms with Gasteiger partial charge in [-0.2, -0.15) is 0 Å². The number of carbonyl (C=O) groups excluding carboxylic acids is 2. The van der Waals surface area contributed by atoms with Crippen molar-refractivity contribution in [3.63, 3.8) is 0 Å². The second-order valence-corrected chi connectivity index (χ2v) is 8.63. The first-order valence-electron chi connectivity index (χ1n) is 10.2. The molecule has 0 bridgehead atoms. The molecule has 1 aliphatic heterocycles. The minimum atomic E-state index is -0.466. The van der Waals surface area contributed by atoms with Gasteiger partial charge in [0.1, 0.15) is 13.2 Å². The van der Waals surface area contributed by atoms with Gasteiger partial charge in [0, 0.05) is 5.41 Å². The Morgan fingerprint density at radius 1 is 1.00 bits per heavy atom. The first-order chi connectivity index (χ1) is 12.6. The van der Waals surface area contributed by atoms with E-state index in [0.29, 0.717) is 19.8 Å². The van der Waals surface area contributed by atoms with E-state index in [0.717, 1.165) is 19.3 Å². The lowest BCUT2D eigenvalue weighted by Crippen LogP contribution is -2.50. The van der Waals surface area contributed by atoms with Crippen molar-refractivity contribution in [2.75, 3.05) is 26.4 Å². The summed E-state index contributed by atoms with van der Waals surface area (Å²) in [7, 11) is 0. The molecule has 0 spiro atoms. The van der Waals surface area contributed by atoms with Gasteiger partial charge in [-0.05, 0) is 19.3 Å². The molecule has 27 heavy (non-hydrogen) atoms. The molecule has 1 saturated heterocycles. The largest absolute Gasteiger partial charge is 0.465 e.